The largest absolute Gasteiger partial charge is 0.480 e. The summed E-state index contributed by atoms with van der Waals surface area (Å²) in [6.07, 6.45) is -0.391. The Morgan fingerprint density at radius 1 is 1.27 bits per heavy atom. The molecule has 0 heterocycles. The van der Waals surface area contributed by atoms with Gasteiger partial charge in [-0.2, -0.15) is 0 Å². The van der Waals surface area contributed by atoms with Gasteiger partial charge in [-0.05, 0) is 11.6 Å². The van der Waals surface area contributed by atoms with Crippen molar-refractivity contribution in [2.24, 2.45) is 5.73 Å². The first-order chi connectivity index (χ1) is 6.91. The summed E-state index contributed by atoms with van der Waals surface area (Å²) < 4.78 is 38.2. The van der Waals surface area contributed by atoms with Crippen molar-refractivity contribution in [3.05, 3.63) is 35.1 Å². The predicted molar refractivity (Wildman–Crippen MR) is 45.6 cm³/mol. The van der Waals surface area contributed by atoms with Crippen LogP contribution in [0.1, 0.15) is 5.56 Å². The van der Waals surface area contributed by atoms with Crippen LogP contribution in [0.15, 0.2) is 12.1 Å². The topological polar surface area (TPSA) is 63.3 Å². The maximum atomic E-state index is 13.0. The molecule has 0 aliphatic rings. The summed E-state index contributed by atoms with van der Waals surface area (Å²) in [4.78, 5) is 10.4. The second kappa shape index (κ2) is 4.31. The van der Waals surface area contributed by atoms with E-state index in [-0.39, 0.29) is 5.56 Å². The van der Waals surface area contributed by atoms with Crippen LogP contribution in [0, 0.1) is 17.5 Å². The van der Waals surface area contributed by atoms with Gasteiger partial charge < -0.3 is 10.8 Å². The summed E-state index contributed by atoms with van der Waals surface area (Å²) in [6, 6.07) is -0.378. The zero-order valence-corrected chi connectivity index (χ0v) is 7.51. The van der Waals surface area contributed by atoms with Crippen molar-refractivity contribution < 1.29 is 23.1 Å². The van der Waals surface area contributed by atoms with Gasteiger partial charge >= 0.3 is 5.97 Å². The average molecular weight is 219 g/mol. The van der Waals surface area contributed by atoms with Gasteiger partial charge in [-0.3, -0.25) is 4.79 Å². The van der Waals surface area contributed by atoms with Crippen molar-refractivity contribution in [3.63, 3.8) is 0 Å². The Balaban J connectivity index is 2.95. The van der Waals surface area contributed by atoms with Crippen molar-refractivity contribution in [2.45, 2.75) is 12.5 Å². The van der Waals surface area contributed by atoms with Crippen molar-refractivity contribution >= 4 is 5.97 Å². The maximum Gasteiger partial charge on any atom is 0.320 e. The predicted octanol–water partition coefficient (Wildman–Crippen LogP) is 1.06. The van der Waals surface area contributed by atoms with E-state index in [4.69, 9.17) is 10.8 Å². The van der Waals surface area contributed by atoms with Gasteiger partial charge in [0.25, 0.3) is 0 Å². The lowest BCUT2D eigenvalue weighted by molar-refractivity contribution is -0.138. The fourth-order valence-corrected chi connectivity index (χ4v) is 1.04. The van der Waals surface area contributed by atoms with Gasteiger partial charge in [0, 0.05) is 12.5 Å². The number of carboxylic acids is 1. The van der Waals surface area contributed by atoms with E-state index in [1.54, 1.807) is 0 Å². The number of hydrogen-bond acceptors (Lipinski definition) is 2. The molecule has 0 amide bonds. The number of aliphatic carboxylic acids is 1. The molecule has 1 rings (SSSR count). The van der Waals surface area contributed by atoms with E-state index in [1.165, 1.54) is 0 Å². The molecule has 0 aliphatic carbocycles. The summed E-state index contributed by atoms with van der Waals surface area (Å²) in [5.74, 6) is -4.89. The zero-order valence-electron chi connectivity index (χ0n) is 7.51. The Morgan fingerprint density at radius 3 is 2.33 bits per heavy atom. The smallest absolute Gasteiger partial charge is 0.320 e. The van der Waals surface area contributed by atoms with Gasteiger partial charge in [0.2, 0.25) is 0 Å². The average Bonchev–Trinajstić information content (AvgIpc) is 2.13. The second-order valence-corrected chi connectivity index (χ2v) is 3.01. The van der Waals surface area contributed by atoms with Crippen LogP contribution in [0.4, 0.5) is 13.2 Å². The molecule has 3 nitrogen and oxygen atoms in total. The summed E-state index contributed by atoms with van der Waals surface area (Å²) in [5.41, 5.74) is 4.86. The van der Waals surface area contributed by atoms with Crippen LogP contribution in [-0.4, -0.2) is 17.1 Å². The number of halogens is 3. The Morgan fingerprint density at radius 2 is 1.80 bits per heavy atom. The molecular weight excluding hydrogens is 211 g/mol. The van der Waals surface area contributed by atoms with Crippen LogP contribution >= 0.6 is 0 Å². The molecule has 0 spiro atoms. The minimum absolute atomic E-state index is 0.260. The SMILES string of the molecule is NC(Cc1cc(F)c(F)cc1F)C(=O)O. The maximum absolute atomic E-state index is 13.0. The van der Waals surface area contributed by atoms with Crippen LogP contribution in [0.2, 0.25) is 0 Å². The zero-order chi connectivity index (χ0) is 11.6. The molecule has 1 aromatic carbocycles. The molecule has 0 fully saturated rings. The highest BCUT2D eigenvalue weighted by Gasteiger charge is 2.17. The molecule has 82 valence electrons. The van der Waals surface area contributed by atoms with Crippen molar-refractivity contribution in [1.29, 1.82) is 0 Å². The molecule has 0 radical (unpaired) electrons. The third-order valence-corrected chi connectivity index (χ3v) is 1.85. The first-order valence-electron chi connectivity index (χ1n) is 4.03. The van der Waals surface area contributed by atoms with E-state index in [2.05, 4.69) is 0 Å². The van der Waals surface area contributed by atoms with E-state index >= 15 is 0 Å². The molecule has 0 aliphatic heterocycles. The molecular formula is C9H8F3NO2. The third-order valence-electron chi connectivity index (χ3n) is 1.85. The van der Waals surface area contributed by atoms with Gasteiger partial charge in [-0.1, -0.05) is 0 Å². The lowest BCUT2D eigenvalue weighted by atomic mass is 10.1. The van der Waals surface area contributed by atoms with E-state index in [9.17, 15) is 18.0 Å². The lowest BCUT2D eigenvalue weighted by Gasteiger charge is -2.07. The van der Waals surface area contributed by atoms with Crippen LogP contribution in [0.3, 0.4) is 0 Å². The number of nitrogens with two attached hydrogens (primary N) is 1. The molecule has 0 bridgehead atoms. The number of carboxylic acid groups (broad SMARTS) is 1. The summed E-state index contributed by atoms with van der Waals surface area (Å²) in [6.45, 7) is 0. The van der Waals surface area contributed by atoms with Gasteiger partial charge in [0.15, 0.2) is 11.6 Å². The van der Waals surface area contributed by atoms with Gasteiger partial charge in [0.05, 0.1) is 0 Å². The summed E-state index contributed by atoms with van der Waals surface area (Å²) in [7, 11) is 0. The molecule has 3 N–H and O–H groups in total. The first-order valence-corrected chi connectivity index (χ1v) is 4.03. The third kappa shape index (κ3) is 2.69. The van der Waals surface area contributed by atoms with Gasteiger partial charge in [0.1, 0.15) is 11.9 Å². The van der Waals surface area contributed by atoms with E-state index < -0.39 is 35.9 Å². The Kier molecular flexibility index (Phi) is 3.31. The van der Waals surface area contributed by atoms with Crippen LogP contribution in [0.5, 0.6) is 0 Å². The van der Waals surface area contributed by atoms with Crippen molar-refractivity contribution in [2.75, 3.05) is 0 Å². The Hall–Kier alpha value is -1.56. The second-order valence-electron chi connectivity index (χ2n) is 3.01. The highest BCUT2D eigenvalue weighted by atomic mass is 19.2. The van der Waals surface area contributed by atoms with Gasteiger partial charge in [-0.15, -0.1) is 0 Å². The van der Waals surface area contributed by atoms with Gasteiger partial charge in [-0.25, -0.2) is 13.2 Å². The number of rotatable bonds is 3. The number of carbonyl (C=O) groups is 1. The fourth-order valence-electron chi connectivity index (χ4n) is 1.04. The molecule has 0 aromatic heterocycles. The standard InChI is InChI=1S/C9H8F3NO2/c10-5-3-7(12)6(11)1-4(5)2-8(13)9(14)15/h1,3,8H,2,13H2,(H,14,15). The van der Waals surface area contributed by atoms with Crippen molar-refractivity contribution in [3.8, 4) is 0 Å². The molecule has 15 heavy (non-hydrogen) atoms. The lowest BCUT2D eigenvalue weighted by Crippen LogP contribution is -2.32. The summed E-state index contributed by atoms with van der Waals surface area (Å²) >= 11 is 0. The highest BCUT2D eigenvalue weighted by molar-refractivity contribution is 5.73. The van der Waals surface area contributed by atoms with E-state index in [1.807, 2.05) is 0 Å². The van der Waals surface area contributed by atoms with Crippen LogP contribution in [-0.2, 0) is 11.2 Å². The molecule has 1 atom stereocenters. The van der Waals surface area contributed by atoms with E-state index in [0.717, 1.165) is 0 Å². The summed E-state index contributed by atoms with van der Waals surface area (Å²) in [5, 5.41) is 8.44. The fraction of sp³-hybridized carbons (Fsp3) is 0.222. The monoisotopic (exact) mass is 219 g/mol. The molecule has 6 heteroatoms. The number of benzene rings is 1. The van der Waals surface area contributed by atoms with Crippen LogP contribution in [0.25, 0.3) is 0 Å². The number of hydrogen-bond donors (Lipinski definition) is 2. The van der Waals surface area contributed by atoms with E-state index in [0.29, 0.717) is 12.1 Å². The first kappa shape index (κ1) is 11.5. The van der Waals surface area contributed by atoms with Crippen molar-refractivity contribution in [1.82, 2.24) is 0 Å². The quantitative estimate of drug-likeness (QED) is 0.747. The minimum Gasteiger partial charge on any atom is -0.480 e. The molecule has 1 unspecified atom stereocenters. The minimum atomic E-state index is -1.34. The molecule has 0 saturated carbocycles. The Bertz CT molecular complexity index is 395. The normalized spacial score (nSPS) is 12.5. The Labute approximate surface area is 83.3 Å². The van der Waals surface area contributed by atoms with Crippen LogP contribution < -0.4 is 5.73 Å². The molecule has 0 saturated heterocycles. The molecule has 1 aromatic rings. The highest BCUT2D eigenvalue weighted by Crippen LogP contribution is 2.14.